The number of carbonyl (C=O) groups is 1. The molecular formula is C10H10N2O2S. The minimum Gasteiger partial charge on any atom is -0.492 e. The fourth-order valence-electron chi connectivity index (χ4n) is 1.47. The molecule has 0 saturated heterocycles. The van der Waals surface area contributed by atoms with Crippen LogP contribution < -0.4 is 5.32 Å². The molecule has 0 saturated carbocycles. The highest BCUT2D eigenvalue weighted by molar-refractivity contribution is 7.17. The quantitative estimate of drug-likeness (QED) is 0.778. The summed E-state index contributed by atoms with van der Waals surface area (Å²) in [5.74, 6) is -0.350. The van der Waals surface area contributed by atoms with E-state index in [1.54, 1.807) is 0 Å². The fourth-order valence-corrected chi connectivity index (χ4v) is 2.33. The molecule has 1 amide bonds. The third-order valence-electron chi connectivity index (χ3n) is 2.06. The van der Waals surface area contributed by atoms with Crippen LogP contribution in [0, 0.1) is 6.92 Å². The molecule has 0 unspecified atom stereocenters. The summed E-state index contributed by atoms with van der Waals surface area (Å²) in [6.07, 6.45) is 0. The van der Waals surface area contributed by atoms with Gasteiger partial charge >= 0.3 is 0 Å². The maximum absolute atomic E-state index is 11.0. The number of hydrogen-bond donors (Lipinski definition) is 2. The first-order valence-electron chi connectivity index (χ1n) is 4.44. The van der Waals surface area contributed by atoms with Gasteiger partial charge in [-0.1, -0.05) is 0 Å². The number of fused-ring (bicyclic) bond motifs is 1. The SMILES string of the molecule is CC(=O)Nc1c(O)nc(C)c2sccc12. The number of anilines is 1. The van der Waals surface area contributed by atoms with Crippen molar-refractivity contribution >= 4 is 33.0 Å². The Hall–Kier alpha value is -1.62. The predicted molar refractivity (Wildman–Crippen MR) is 60.3 cm³/mol. The Kier molecular flexibility index (Phi) is 2.32. The van der Waals surface area contributed by atoms with Gasteiger partial charge < -0.3 is 10.4 Å². The summed E-state index contributed by atoms with van der Waals surface area (Å²) >= 11 is 1.54. The van der Waals surface area contributed by atoms with E-state index in [2.05, 4.69) is 10.3 Å². The zero-order chi connectivity index (χ0) is 11.0. The van der Waals surface area contributed by atoms with E-state index >= 15 is 0 Å². The molecular weight excluding hydrogens is 212 g/mol. The van der Waals surface area contributed by atoms with Crippen molar-refractivity contribution < 1.29 is 9.90 Å². The number of aromatic nitrogens is 1. The van der Waals surface area contributed by atoms with E-state index < -0.39 is 0 Å². The topological polar surface area (TPSA) is 62.2 Å². The minimum absolute atomic E-state index is 0.131. The largest absolute Gasteiger partial charge is 0.492 e. The summed E-state index contributed by atoms with van der Waals surface area (Å²) < 4.78 is 0.983. The summed E-state index contributed by atoms with van der Waals surface area (Å²) in [4.78, 5) is 14.9. The second kappa shape index (κ2) is 3.51. The Morgan fingerprint density at radius 1 is 1.60 bits per heavy atom. The van der Waals surface area contributed by atoms with Crippen molar-refractivity contribution in [3.8, 4) is 5.88 Å². The average molecular weight is 222 g/mol. The van der Waals surface area contributed by atoms with Crippen molar-refractivity contribution in [2.24, 2.45) is 0 Å². The first-order chi connectivity index (χ1) is 7.09. The van der Waals surface area contributed by atoms with E-state index in [9.17, 15) is 9.90 Å². The van der Waals surface area contributed by atoms with E-state index in [-0.39, 0.29) is 11.8 Å². The van der Waals surface area contributed by atoms with Gasteiger partial charge in [-0.25, -0.2) is 4.98 Å². The van der Waals surface area contributed by atoms with E-state index in [0.717, 1.165) is 15.8 Å². The van der Waals surface area contributed by atoms with Crippen LogP contribution in [-0.4, -0.2) is 16.0 Å². The number of hydrogen-bond acceptors (Lipinski definition) is 4. The van der Waals surface area contributed by atoms with Crippen molar-refractivity contribution in [2.75, 3.05) is 5.32 Å². The lowest BCUT2D eigenvalue weighted by molar-refractivity contribution is -0.114. The molecule has 0 bridgehead atoms. The third-order valence-corrected chi connectivity index (χ3v) is 3.08. The van der Waals surface area contributed by atoms with Gasteiger partial charge in [-0.05, 0) is 18.4 Å². The van der Waals surface area contributed by atoms with Gasteiger partial charge in [0, 0.05) is 12.3 Å². The first-order valence-corrected chi connectivity index (χ1v) is 5.32. The highest BCUT2D eigenvalue weighted by Crippen LogP contribution is 2.35. The monoisotopic (exact) mass is 222 g/mol. The standard InChI is InChI=1S/C10H10N2O2S/c1-5-9-7(3-4-15-9)8(10(14)11-5)12-6(2)13/h3-4H,1-2H3,(H,11,14)(H,12,13). The molecule has 2 N–H and O–H groups in total. The Labute approximate surface area is 90.6 Å². The van der Waals surface area contributed by atoms with Crippen LogP contribution in [0.5, 0.6) is 5.88 Å². The third kappa shape index (κ3) is 1.66. The van der Waals surface area contributed by atoms with Crippen molar-refractivity contribution in [3.05, 3.63) is 17.1 Å². The van der Waals surface area contributed by atoms with Gasteiger partial charge in [0.15, 0.2) is 0 Å². The highest BCUT2D eigenvalue weighted by Gasteiger charge is 2.12. The summed E-state index contributed by atoms with van der Waals surface area (Å²) in [7, 11) is 0. The maximum atomic E-state index is 11.0. The van der Waals surface area contributed by atoms with Crippen LogP contribution in [0.25, 0.3) is 10.1 Å². The Balaban J connectivity index is 2.71. The number of aryl methyl sites for hydroxylation is 1. The molecule has 5 heteroatoms. The zero-order valence-corrected chi connectivity index (χ0v) is 9.18. The molecule has 0 atom stereocenters. The Morgan fingerprint density at radius 2 is 2.33 bits per heavy atom. The van der Waals surface area contributed by atoms with Crippen LogP contribution in [-0.2, 0) is 4.79 Å². The van der Waals surface area contributed by atoms with Gasteiger partial charge in [-0.15, -0.1) is 11.3 Å². The molecule has 2 aromatic heterocycles. The van der Waals surface area contributed by atoms with Gasteiger partial charge in [0.05, 0.1) is 10.4 Å². The van der Waals surface area contributed by atoms with Crippen molar-refractivity contribution in [1.82, 2.24) is 4.98 Å². The lowest BCUT2D eigenvalue weighted by atomic mass is 10.2. The number of nitrogens with zero attached hydrogens (tertiary/aromatic N) is 1. The fraction of sp³-hybridized carbons (Fsp3) is 0.200. The van der Waals surface area contributed by atoms with Crippen molar-refractivity contribution in [3.63, 3.8) is 0 Å². The number of pyridine rings is 1. The lowest BCUT2D eigenvalue weighted by Crippen LogP contribution is -2.07. The van der Waals surface area contributed by atoms with Gasteiger partial charge in [-0.2, -0.15) is 0 Å². The average Bonchev–Trinajstić information content (AvgIpc) is 2.60. The van der Waals surface area contributed by atoms with Crippen LogP contribution in [0.4, 0.5) is 5.69 Å². The molecule has 15 heavy (non-hydrogen) atoms. The van der Waals surface area contributed by atoms with E-state index in [1.165, 1.54) is 18.3 Å². The number of rotatable bonds is 1. The smallest absolute Gasteiger partial charge is 0.236 e. The molecule has 0 aliphatic heterocycles. The summed E-state index contributed by atoms with van der Waals surface area (Å²) in [6, 6.07) is 1.86. The van der Waals surface area contributed by atoms with Crippen LogP contribution in [0.15, 0.2) is 11.4 Å². The van der Waals surface area contributed by atoms with Crippen LogP contribution in [0.2, 0.25) is 0 Å². The molecule has 2 rings (SSSR count). The minimum atomic E-state index is -0.219. The van der Waals surface area contributed by atoms with E-state index in [1.807, 2.05) is 18.4 Å². The maximum Gasteiger partial charge on any atom is 0.236 e. The summed E-state index contributed by atoms with van der Waals surface area (Å²) in [6.45, 7) is 3.23. The molecule has 0 aliphatic carbocycles. The van der Waals surface area contributed by atoms with Crippen molar-refractivity contribution in [2.45, 2.75) is 13.8 Å². The summed E-state index contributed by atoms with van der Waals surface area (Å²) in [5, 5.41) is 15.0. The van der Waals surface area contributed by atoms with Crippen LogP contribution in [0.3, 0.4) is 0 Å². The molecule has 0 fully saturated rings. The predicted octanol–water partition coefficient (Wildman–Crippen LogP) is 2.27. The van der Waals surface area contributed by atoms with Gasteiger partial charge in [0.1, 0.15) is 5.69 Å². The number of amides is 1. The molecule has 0 spiro atoms. The second-order valence-electron chi connectivity index (χ2n) is 3.24. The molecule has 4 nitrogen and oxygen atoms in total. The number of thiophene rings is 1. The lowest BCUT2D eigenvalue weighted by Gasteiger charge is -2.07. The molecule has 78 valence electrons. The molecule has 0 aromatic carbocycles. The molecule has 0 aliphatic rings. The van der Waals surface area contributed by atoms with Crippen LogP contribution in [0.1, 0.15) is 12.6 Å². The molecule has 2 heterocycles. The highest BCUT2D eigenvalue weighted by atomic mass is 32.1. The van der Waals surface area contributed by atoms with E-state index in [4.69, 9.17) is 0 Å². The van der Waals surface area contributed by atoms with Gasteiger partial charge in [0.2, 0.25) is 11.8 Å². The summed E-state index contributed by atoms with van der Waals surface area (Å²) in [5.41, 5.74) is 1.16. The Bertz CT molecular complexity index is 533. The molecule has 0 radical (unpaired) electrons. The number of nitrogens with one attached hydrogen (secondary N) is 1. The molecule has 2 aromatic rings. The van der Waals surface area contributed by atoms with Crippen molar-refractivity contribution in [1.29, 1.82) is 0 Å². The van der Waals surface area contributed by atoms with Gasteiger partial charge in [-0.3, -0.25) is 4.79 Å². The van der Waals surface area contributed by atoms with E-state index in [0.29, 0.717) is 5.69 Å². The second-order valence-corrected chi connectivity index (χ2v) is 4.16. The normalized spacial score (nSPS) is 10.5. The Morgan fingerprint density at radius 3 is 3.00 bits per heavy atom. The zero-order valence-electron chi connectivity index (χ0n) is 8.37. The first kappa shape index (κ1) is 9.92. The van der Waals surface area contributed by atoms with Gasteiger partial charge in [0.25, 0.3) is 0 Å². The number of aromatic hydroxyl groups is 1. The van der Waals surface area contributed by atoms with Crippen LogP contribution >= 0.6 is 11.3 Å². The number of carbonyl (C=O) groups excluding carboxylic acids is 1.